The van der Waals surface area contributed by atoms with Gasteiger partial charge in [0.25, 0.3) is 0 Å². The van der Waals surface area contributed by atoms with Gasteiger partial charge in [0.05, 0.1) is 0 Å². The van der Waals surface area contributed by atoms with Crippen LogP contribution in [0.5, 0.6) is 0 Å². The highest BCUT2D eigenvalue weighted by Crippen LogP contribution is 2.17. The van der Waals surface area contributed by atoms with Gasteiger partial charge in [0, 0.05) is 19.9 Å². The molecule has 18 heavy (non-hydrogen) atoms. The minimum atomic E-state index is 0.742. The standard InChI is InChI=1S/C14H28N4/c1-4-6-12(10-11-15)8-9-14-16-13(7-5-2)17-18(14)3/h12H,4-11,15H2,1-3H3. The molecule has 1 atom stereocenters. The Morgan fingerprint density at radius 2 is 1.89 bits per heavy atom. The fourth-order valence-corrected chi connectivity index (χ4v) is 2.43. The molecule has 0 fully saturated rings. The molecule has 0 spiro atoms. The van der Waals surface area contributed by atoms with E-state index in [1.54, 1.807) is 0 Å². The van der Waals surface area contributed by atoms with Crippen molar-refractivity contribution in [2.75, 3.05) is 6.54 Å². The fraction of sp³-hybridized carbons (Fsp3) is 0.857. The first kappa shape index (κ1) is 15.2. The maximum absolute atomic E-state index is 5.67. The smallest absolute Gasteiger partial charge is 0.150 e. The number of rotatable bonds is 9. The van der Waals surface area contributed by atoms with Gasteiger partial charge >= 0.3 is 0 Å². The van der Waals surface area contributed by atoms with Crippen LogP contribution in [0.25, 0.3) is 0 Å². The summed E-state index contributed by atoms with van der Waals surface area (Å²) in [6, 6.07) is 0. The average Bonchev–Trinajstić information content (AvgIpc) is 2.68. The molecule has 104 valence electrons. The van der Waals surface area contributed by atoms with Gasteiger partial charge in [0.1, 0.15) is 5.82 Å². The molecule has 1 heterocycles. The molecule has 0 aliphatic carbocycles. The van der Waals surface area contributed by atoms with Gasteiger partial charge in [-0.3, -0.25) is 4.68 Å². The van der Waals surface area contributed by atoms with Crippen molar-refractivity contribution in [1.82, 2.24) is 14.8 Å². The van der Waals surface area contributed by atoms with Crippen molar-refractivity contribution >= 4 is 0 Å². The third kappa shape index (κ3) is 4.77. The van der Waals surface area contributed by atoms with Crippen molar-refractivity contribution < 1.29 is 0 Å². The van der Waals surface area contributed by atoms with E-state index < -0.39 is 0 Å². The highest BCUT2D eigenvalue weighted by molar-refractivity contribution is 4.93. The Labute approximate surface area is 111 Å². The Hall–Kier alpha value is -0.900. The van der Waals surface area contributed by atoms with E-state index in [2.05, 4.69) is 23.9 Å². The lowest BCUT2D eigenvalue weighted by Crippen LogP contribution is -2.11. The van der Waals surface area contributed by atoms with Gasteiger partial charge in [-0.05, 0) is 31.7 Å². The van der Waals surface area contributed by atoms with Crippen LogP contribution in [0.1, 0.15) is 57.6 Å². The molecule has 0 saturated carbocycles. The van der Waals surface area contributed by atoms with Crippen molar-refractivity contribution in [3.8, 4) is 0 Å². The third-order valence-corrected chi connectivity index (χ3v) is 3.42. The highest BCUT2D eigenvalue weighted by atomic mass is 15.3. The summed E-state index contributed by atoms with van der Waals surface area (Å²) in [5.74, 6) is 2.85. The average molecular weight is 252 g/mol. The molecule has 2 N–H and O–H groups in total. The van der Waals surface area contributed by atoms with Gasteiger partial charge in [-0.1, -0.05) is 26.7 Å². The van der Waals surface area contributed by atoms with Crippen molar-refractivity contribution in [2.24, 2.45) is 18.7 Å². The molecule has 4 nitrogen and oxygen atoms in total. The zero-order valence-electron chi connectivity index (χ0n) is 12.2. The Morgan fingerprint density at radius 1 is 1.11 bits per heavy atom. The van der Waals surface area contributed by atoms with Gasteiger partial charge in [-0.15, -0.1) is 0 Å². The van der Waals surface area contributed by atoms with Crippen LogP contribution in [0.2, 0.25) is 0 Å². The van der Waals surface area contributed by atoms with Crippen LogP contribution in [-0.4, -0.2) is 21.3 Å². The summed E-state index contributed by atoms with van der Waals surface area (Å²) in [6.45, 7) is 5.20. The van der Waals surface area contributed by atoms with E-state index in [1.807, 2.05) is 11.7 Å². The molecule has 1 aromatic heterocycles. The van der Waals surface area contributed by atoms with E-state index >= 15 is 0 Å². The normalized spacial score (nSPS) is 12.9. The lowest BCUT2D eigenvalue weighted by Gasteiger charge is -2.14. The van der Waals surface area contributed by atoms with E-state index in [0.29, 0.717) is 0 Å². The first-order valence-corrected chi connectivity index (χ1v) is 7.30. The summed E-state index contributed by atoms with van der Waals surface area (Å²) < 4.78 is 1.94. The first-order valence-electron chi connectivity index (χ1n) is 7.30. The predicted octanol–water partition coefficient (Wildman–Crippen LogP) is 2.47. The SMILES string of the molecule is CCCc1nc(CCC(CCC)CCN)n(C)n1. The molecule has 0 aliphatic rings. The summed E-state index contributed by atoms with van der Waals surface area (Å²) in [6.07, 6.45) is 7.94. The second kappa shape index (κ2) is 8.25. The fourth-order valence-electron chi connectivity index (χ4n) is 2.43. The van der Waals surface area contributed by atoms with Crippen molar-refractivity contribution in [3.05, 3.63) is 11.6 Å². The van der Waals surface area contributed by atoms with Crippen molar-refractivity contribution in [1.29, 1.82) is 0 Å². The van der Waals surface area contributed by atoms with Crippen LogP contribution >= 0.6 is 0 Å². The lowest BCUT2D eigenvalue weighted by atomic mass is 9.94. The Balaban J connectivity index is 2.50. The number of hydrogen-bond acceptors (Lipinski definition) is 3. The van der Waals surface area contributed by atoms with E-state index in [0.717, 1.165) is 49.8 Å². The van der Waals surface area contributed by atoms with Crippen LogP contribution < -0.4 is 5.73 Å². The summed E-state index contributed by atoms with van der Waals surface area (Å²) >= 11 is 0. The van der Waals surface area contributed by atoms with E-state index in [-0.39, 0.29) is 0 Å². The van der Waals surface area contributed by atoms with Gasteiger partial charge < -0.3 is 5.73 Å². The molecule has 1 aromatic rings. The molecule has 0 radical (unpaired) electrons. The third-order valence-electron chi connectivity index (χ3n) is 3.42. The number of nitrogens with zero attached hydrogens (tertiary/aromatic N) is 3. The molecule has 1 rings (SSSR count). The zero-order valence-corrected chi connectivity index (χ0v) is 12.2. The first-order chi connectivity index (χ1) is 8.71. The highest BCUT2D eigenvalue weighted by Gasteiger charge is 2.11. The predicted molar refractivity (Wildman–Crippen MR) is 75.4 cm³/mol. The Bertz CT molecular complexity index is 327. The van der Waals surface area contributed by atoms with Crippen LogP contribution in [0, 0.1) is 5.92 Å². The molecular weight excluding hydrogens is 224 g/mol. The monoisotopic (exact) mass is 252 g/mol. The van der Waals surface area contributed by atoms with Gasteiger partial charge in [-0.2, -0.15) is 5.10 Å². The molecule has 4 heteroatoms. The largest absolute Gasteiger partial charge is 0.330 e. The number of hydrogen-bond donors (Lipinski definition) is 1. The maximum atomic E-state index is 5.67. The Kier molecular flexibility index (Phi) is 6.94. The second-order valence-corrected chi connectivity index (χ2v) is 5.09. The van der Waals surface area contributed by atoms with Gasteiger partial charge in [0.15, 0.2) is 5.82 Å². The molecule has 0 saturated heterocycles. The maximum Gasteiger partial charge on any atom is 0.150 e. The van der Waals surface area contributed by atoms with Crippen molar-refractivity contribution in [2.45, 2.75) is 58.8 Å². The van der Waals surface area contributed by atoms with E-state index in [9.17, 15) is 0 Å². The van der Waals surface area contributed by atoms with Crippen LogP contribution in [-0.2, 0) is 19.9 Å². The minimum absolute atomic E-state index is 0.742. The number of nitrogens with two attached hydrogens (primary N) is 1. The molecule has 0 amide bonds. The molecule has 0 bridgehead atoms. The summed E-state index contributed by atoms with van der Waals surface area (Å²) in [7, 11) is 2.00. The molecule has 0 aromatic carbocycles. The van der Waals surface area contributed by atoms with Crippen LogP contribution in [0.15, 0.2) is 0 Å². The topological polar surface area (TPSA) is 56.7 Å². The number of aromatic nitrogens is 3. The zero-order chi connectivity index (χ0) is 13.4. The van der Waals surface area contributed by atoms with Crippen molar-refractivity contribution in [3.63, 3.8) is 0 Å². The summed E-state index contributed by atoms with van der Waals surface area (Å²) in [5.41, 5.74) is 5.67. The summed E-state index contributed by atoms with van der Waals surface area (Å²) in [4.78, 5) is 4.61. The Morgan fingerprint density at radius 3 is 2.50 bits per heavy atom. The van der Waals surface area contributed by atoms with Gasteiger partial charge in [-0.25, -0.2) is 4.98 Å². The van der Waals surface area contributed by atoms with E-state index in [1.165, 1.54) is 19.3 Å². The summed E-state index contributed by atoms with van der Waals surface area (Å²) in [5, 5.41) is 4.45. The van der Waals surface area contributed by atoms with Crippen LogP contribution in [0.4, 0.5) is 0 Å². The molecule has 0 aliphatic heterocycles. The van der Waals surface area contributed by atoms with Crippen LogP contribution in [0.3, 0.4) is 0 Å². The second-order valence-electron chi connectivity index (χ2n) is 5.09. The number of aryl methyl sites for hydroxylation is 3. The lowest BCUT2D eigenvalue weighted by molar-refractivity contribution is 0.414. The molecular formula is C14H28N4. The quantitative estimate of drug-likeness (QED) is 0.734. The van der Waals surface area contributed by atoms with E-state index in [4.69, 9.17) is 5.73 Å². The molecule has 1 unspecified atom stereocenters. The minimum Gasteiger partial charge on any atom is -0.330 e. The van der Waals surface area contributed by atoms with Gasteiger partial charge in [0.2, 0.25) is 0 Å².